The molecule has 2 aromatic rings. The van der Waals surface area contributed by atoms with Crippen molar-refractivity contribution >= 4 is 40.2 Å². The molecule has 35 heavy (non-hydrogen) atoms. The quantitative estimate of drug-likeness (QED) is 0.438. The zero-order chi connectivity index (χ0) is 25.3. The Morgan fingerprint density at radius 1 is 1.17 bits per heavy atom. The van der Waals surface area contributed by atoms with E-state index in [-0.39, 0.29) is 6.10 Å². The number of ether oxygens (including phenoxy) is 1. The van der Waals surface area contributed by atoms with Crippen molar-refractivity contribution in [1.29, 1.82) is 0 Å². The highest BCUT2D eigenvalue weighted by atomic mass is 32.1. The number of nitrogens with one attached hydrogen (secondary N) is 2. The van der Waals surface area contributed by atoms with Crippen molar-refractivity contribution in [2.75, 3.05) is 11.9 Å². The van der Waals surface area contributed by atoms with Gasteiger partial charge in [0.2, 0.25) is 5.91 Å². The molecule has 2 aliphatic rings. The number of anilines is 1. The molecule has 0 spiro atoms. The number of aryl methyl sites for hydroxylation is 2. The van der Waals surface area contributed by atoms with Gasteiger partial charge in [-0.25, -0.2) is 9.59 Å². The van der Waals surface area contributed by atoms with Crippen LogP contribution in [0.3, 0.4) is 0 Å². The molecule has 9 heteroatoms. The van der Waals surface area contributed by atoms with Crippen molar-refractivity contribution < 1.29 is 23.9 Å². The summed E-state index contributed by atoms with van der Waals surface area (Å²) in [5.41, 5.74) is 1.84. The Morgan fingerprint density at radius 3 is 2.51 bits per heavy atom. The predicted molar refractivity (Wildman–Crippen MR) is 134 cm³/mol. The van der Waals surface area contributed by atoms with Crippen LogP contribution in [0.15, 0.2) is 24.3 Å². The van der Waals surface area contributed by atoms with Gasteiger partial charge in [0.15, 0.2) is 0 Å². The number of esters is 1. The van der Waals surface area contributed by atoms with Crippen molar-refractivity contribution in [2.24, 2.45) is 0 Å². The Kier molecular flexibility index (Phi) is 6.98. The minimum absolute atomic E-state index is 0.292. The lowest BCUT2D eigenvalue weighted by Gasteiger charge is -2.25. The number of hydrogen-bond acceptors (Lipinski definition) is 6. The summed E-state index contributed by atoms with van der Waals surface area (Å²) in [5.74, 6) is -1.47. The number of carbonyl (C=O) groups excluding carboxylic acids is 4. The summed E-state index contributed by atoms with van der Waals surface area (Å²) in [5, 5.41) is 6.00. The van der Waals surface area contributed by atoms with Crippen molar-refractivity contribution in [3.05, 3.63) is 51.4 Å². The molecule has 2 heterocycles. The SMILES string of the molecule is CC[C@]1(c2ccc(C)cc2)NC(=O)N(CC(=O)Nc2sc3c(c2C(=O)OC(C)C)CCCC3)C1=O. The van der Waals surface area contributed by atoms with Gasteiger partial charge >= 0.3 is 12.0 Å². The van der Waals surface area contributed by atoms with E-state index in [1.807, 2.05) is 38.1 Å². The number of hydrogen-bond donors (Lipinski definition) is 2. The van der Waals surface area contributed by atoms with Gasteiger partial charge in [-0.05, 0) is 64.0 Å². The molecular formula is C26H31N3O5S. The number of nitrogens with zero attached hydrogens (tertiary/aromatic N) is 1. The lowest BCUT2D eigenvalue weighted by molar-refractivity contribution is -0.134. The van der Waals surface area contributed by atoms with Gasteiger partial charge in [0, 0.05) is 4.88 Å². The molecule has 1 aromatic heterocycles. The molecule has 4 rings (SSSR count). The Labute approximate surface area is 209 Å². The lowest BCUT2D eigenvalue weighted by Crippen LogP contribution is -2.44. The molecule has 1 aliphatic carbocycles. The molecule has 0 unspecified atom stereocenters. The monoisotopic (exact) mass is 497 g/mol. The number of urea groups is 1. The van der Waals surface area contributed by atoms with Crippen LogP contribution in [0.2, 0.25) is 0 Å². The van der Waals surface area contributed by atoms with E-state index in [4.69, 9.17) is 4.74 Å². The molecule has 4 amide bonds. The summed E-state index contributed by atoms with van der Waals surface area (Å²) >= 11 is 1.37. The summed E-state index contributed by atoms with van der Waals surface area (Å²) < 4.78 is 5.44. The molecule has 1 saturated heterocycles. The van der Waals surface area contributed by atoms with Gasteiger partial charge in [0.1, 0.15) is 17.1 Å². The summed E-state index contributed by atoms with van der Waals surface area (Å²) in [4.78, 5) is 54.1. The first-order chi connectivity index (χ1) is 16.7. The van der Waals surface area contributed by atoms with Crippen LogP contribution >= 0.6 is 11.3 Å². The van der Waals surface area contributed by atoms with E-state index in [1.165, 1.54) is 11.3 Å². The van der Waals surface area contributed by atoms with Crippen LogP contribution in [-0.2, 0) is 32.7 Å². The van der Waals surface area contributed by atoms with Crippen LogP contribution in [0.4, 0.5) is 9.80 Å². The molecule has 1 aliphatic heterocycles. The van der Waals surface area contributed by atoms with Crippen LogP contribution < -0.4 is 10.6 Å². The van der Waals surface area contributed by atoms with Gasteiger partial charge in [-0.1, -0.05) is 36.8 Å². The first kappa shape index (κ1) is 24.9. The highest BCUT2D eigenvalue weighted by Gasteiger charge is 2.51. The third kappa shape index (κ3) is 4.69. The smallest absolute Gasteiger partial charge is 0.341 e. The maximum absolute atomic E-state index is 13.4. The van der Waals surface area contributed by atoms with Gasteiger partial charge in [-0.15, -0.1) is 11.3 Å². The molecule has 1 atom stereocenters. The number of fused-ring (bicyclic) bond motifs is 1. The number of rotatable bonds is 7. The molecule has 8 nitrogen and oxygen atoms in total. The Bertz CT molecular complexity index is 1170. The van der Waals surface area contributed by atoms with Crippen molar-refractivity contribution in [1.82, 2.24) is 10.2 Å². The molecule has 186 valence electrons. The first-order valence-corrected chi connectivity index (χ1v) is 12.8. The largest absolute Gasteiger partial charge is 0.459 e. The maximum Gasteiger partial charge on any atom is 0.341 e. The van der Waals surface area contributed by atoms with E-state index >= 15 is 0 Å². The number of thiophene rings is 1. The fourth-order valence-electron chi connectivity index (χ4n) is 4.70. The number of amides is 4. The topological polar surface area (TPSA) is 105 Å². The van der Waals surface area contributed by atoms with Crippen LogP contribution in [0.25, 0.3) is 0 Å². The fourth-order valence-corrected chi connectivity index (χ4v) is 5.99. The van der Waals surface area contributed by atoms with E-state index in [2.05, 4.69) is 10.6 Å². The average molecular weight is 498 g/mol. The second-order valence-corrected chi connectivity index (χ2v) is 10.5. The number of carbonyl (C=O) groups is 4. The van der Waals surface area contributed by atoms with Crippen molar-refractivity contribution in [2.45, 2.75) is 71.4 Å². The molecular weight excluding hydrogens is 466 g/mol. The summed E-state index contributed by atoms with van der Waals surface area (Å²) in [6, 6.07) is 6.81. The normalized spacial score (nSPS) is 19.5. The molecule has 1 fully saturated rings. The van der Waals surface area contributed by atoms with Crippen molar-refractivity contribution in [3.63, 3.8) is 0 Å². The van der Waals surface area contributed by atoms with E-state index in [1.54, 1.807) is 13.8 Å². The number of benzene rings is 1. The van der Waals surface area contributed by atoms with Gasteiger partial charge in [-0.2, -0.15) is 0 Å². The summed E-state index contributed by atoms with van der Waals surface area (Å²) in [6.07, 6.45) is 3.66. The highest BCUT2D eigenvalue weighted by Crippen LogP contribution is 2.39. The third-order valence-corrected chi connectivity index (χ3v) is 7.73. The Morgan fingerprint density at radius 2 is 1.86 bits per heavy atom. The minimum Gasteiger partial charge on any atom is -0.459 e. The Hall–Kier alpha value is -3.20. The molecule has 1 aromatic carbocycles. The first-order valence-electron chi connectivity index (χ1n) is 12.0. The number of imide groups is 1. The second kappa shape index (κ2) is 9.81. The fraction of sp³-hybridized carbons (Fsp3) is 0.462. The average Bonchev–Trinajstić information content (AvgIpc) is 3.29. The van der Waals surface area contributed by atoms with Crippen LogP contribution in [0, 0.1) is 6.92 Å². The standard InChI is InChI=1S/C26H31N3O5S/c1-5-26(17-12-10-16(4)11-13-17)24(32)29(25(33)28-26)14-20(30)27-22-21(23(31)34-15(2)3)18-8-6-7-9-19(18)35-22/h10-13,15H,5-9,14H2,1-4H3,(H,27,30)(H,28,33)/t26-/m1/s1. The molecule has 2 N–H and O–H groups in total. The summed E-state index contributed by atoms with van der Waals surface area (Å²) in [6.45, 7) is 6.88. The predicted octanol–water partition coefficient (Wildman–Crippen LogP) is 4.30. The van der Waals surface area contributed by atoms with Gasteiger partial charge in [0.05, 0.1) is 11.7 Å². The van der Waals surface area contributed by atoms with Crippen molar-refractivity contribution in [3.8, 4) is 0 Å². The highest BCUT2D eigenvalue weighted by molar-refractivity contribution is 7.17. The van der Waals surface area contributed by atoms with Crippen LogP contribution in [0.1, 0.15) is 72.0 Å². The van der Waals surface area contributed by atoms with E-state index in [0.29, 0.717) is 22.5 Å². The third-order valence-electron chi connectivity index (χ3n) is 6.52. The zero-order valence-corrected chi connectivity index (χ0v) is 21.3. The minimum atomic E-state index is -1.21. The lowest BCUT2D eigenvalue weighted by atomic mass is 9.87. The van der Waals surface area contributed by atoms with Crippen LogP contribution in [-0.4, -0.2) is 41.4 Å². The van der Waals surface area contributed by atoms with E-state index < -0.39 is 35.9 Å². The molecule has 0 bridgehead atoms. The van der Waals surface area contributed by atoms with Gasteiger partial charge < -0.3 is 15.4 Å². The van der Waals surface area contributed by atoms with Gasteiger partial charge in [-0.3, -0.25) is 14.5 Å². The van der Waals surface area contributed by atoms with Gasteiger partial charge in [0.25, 0.3) is 5.91 Å². The zero-order valence-electron chi connectivity index (χ0n) is 20.5. The maximum atomic E-state index is 13.4. The van der Waals surface area contributed by atoms with E-state index in [9.17, 15) is 19.2 Å². The Balaban J connectivity index is 1.55. The summed E-state index contributed by atoms with van der Waals surface area (Å²) in [7, 11) is 0. The van der Waals surface area contributed by atoms with Crippen LogP contribution in [0.5, 0.6) is 0 Å². The molecule has 0 saturated carbocycles. The van der Waals surface area contributed by atoms with E-state index in [0.717, 1.165) is 46.6 Å². The second-order valence-electron chi connectivity index (χ2n) is 9.36. The molecule has 0 radical (unpaired) electrons.